The van der Waals surface area contributed by atoms with E-state index in [-0.39, 0.29) is 11.8 Å². The van der Waals surface area contributed by atoms with Crippen LogP contribution in [0.5, 0.6) is 0 Å². The van der Waals surface area contributed by atoms with Crippen molar-refractivity contribution in [3.63, 3.8) is 0 Å². The number of hydrogen-bond acceptors (Lipinski definition) is 11. The lowest BCUT2D eigenvalue weighted by molar-refractivity contribution is -0.170. The van der Waals surface area contributed by atoms with E-state index in [4.69, 9.17) is 22.1 Å². The summed E-state index contributed by atoms with van der Waals surface area (Å²) in [4.78, 5) is 46.3. The largest absolute Gasteiger partial charge is 0.458 e. The lowest BCUT2D eigenvalue weighted by atomic mass is 9.63. The monoisotopic (exact) mass is 642 g/mol. The predicted molar refractivity (Wildman–Crippen MR) is 171 cm³/mol. The van der Waals surface area contributed by atoms with E-state index in [9.17, 15) is 14.4 Å². The molecule has 0 aromatic carbocycles. The molecule has 0 saturated carbocycles. The Hall–Kier alpha value is -2.84. The number of nitrogens with one attached hydrogen (secondary N) is 1. The number of rotatable bonds is 8. The molecular weight excluding hydrogens is 595 g/mol. The van der Waals surface area contributed by atoms with Crippen LogP contribution in [0.4, 0.5) is 4.79 Å². The number of fused-ring (bicyclic) bond motifs is 1. The number of cyclic esters (lactones) is 1. The highest BCUT2D eigenvalue weighted by Gasteiger charge is 2.58. The number of amides is 1. The summed E-state index contributed by atoms with van der Waals surface area (Å²) in [6.07, 6.45) is 5.59. The van der Waals surface area contributed by atoms with Crippen molar-refractivity contribution in [2.45, 2.75) is 115 Å². The molecule has 2 saturated heterocycles. The summed E-state index contributed by atoms with van der Waals surface area (Å²) in [6, 6.07) is -0.632. The SMILES string of the molecule is [B][C@@H]1[C@@H](C)C(=O)[C@@H](C)C(=O)O[C@H](CC)[C@@]2(C)OC(=O)N(CCCCn3cc(-c4nccs4)nn3)[C@@H]2[C@H](C)NCCC[C@@]1(C)OC. The van der Waals surface area contributed by atoms with Crippen molar-refractivity contribution in [1.82, 2.24) is 30.2 Å². The second-order valence-corrected chi connectivity index (χ2v) is 13.6. The van der Waals surface area contributed by atoms with Crippen LogP contribution in [0.25, 0.3) is 10.7 Å². The summed E-state index contributed by atoms with van der Waals surface area (Å²) in [5.74, 6) is -3.23. The minimum atomic E-state index is -1.14. The van der Waals surface area contributed by atoms with Gasteiger partial charge in [0.2, 0.25) is 0 Å². The maximum absolute atomic E-state index is 13.5. The van der Waals surface area contributed by atoms with Gasteiger partial charge in [-0.3, -0.25) is 19.2 Å². The van der Waals surface area contributed by atoms with Crippen LogP contribution in [0, 0.1) is 11.8 Å². The third-order valence-corrected chi connectivity index (χ3v) is 10.5. The van der Waals surface area contributed by atoms with Crippen LogP contribution in [0.2, 0.25) is 5.82 Å². The van der Waals surface area contributed by atoms with Gasteiger partial charge in [-0.05, 0) is 72.2 Å². The molecule has 2 fully saturated rings. The fourth-order valence-corrected chi connectivity index (χ4v) is 7.33. The van der Waals surface area contributed by atoms with Crippen molar-refractivity contribution in [3.8, 4) is 10.7 Å². The van der Waals surface area contributed by atoms with Gasteiger partial charge in [0.25, 0.3) is 0 Å². The molecule has 0 spiro atoms. The highest BCUT2D eigenvalue weighted by molar-refractivity contribution is 7.13. The molecule has 1 N–H and O–H groups in total. The molecule has 4 rings (SSSR count). The van der Waals surface area contributed by atoms with Crippen molar-refractivity contribution in [2.75, 3.05) is 20.2 Å². The van der Waals surface area contributed by atoms with E-state index in [2.05, 4.69) is 20.6 Å². The van der Waals surface area contributed by atoms with Crippen LogP contribution in [0.1, 0.15) is 73.6 Å². The smallest absolute Gasteiger partial charge is 0.410 e. The number of thiazole rings is 1. The fourth-order valence-electron chi connectivity index (χ4n) is 6.74. The first-order chi connectivity index (χ1) is 21.4. The first-order valence-corrected chi connectivity index (χ1v) is 16.8. The lowest BCUT2D eigenvalue weighted by Crippen LogP contribution is -2.60. The number of esters is 1. The van der Waals surface area contributed by atoms with E-state index >= 15 is 0 Å². The number of hydrogen-bond donors (Lipinski definition) is 1. The van der Waals surface area contributed by atoms with Crippen LogP contribution in [-0.4, -0.2) is 100 Å². The molecule has 4 heterocycles. The van der Waals surface area contributed by atoms with Gasteiger partial charge in [-0.1, -0.05) is 19.1 Å². The number of ether oxygens (including phenoxy) is 3. The maximum Gasteiger partial charge on any atom is 0.410 e. The van der Waals surface area contributed by atoms with Gasteiger partial charge in [-0.2, -0.15) is 0 Å². The predicted octanol–water partition coefficient (Wildman–Crippen LogP) is 4.06. The Morgan fingerprint density at radius 1 is 1.18 bits per heavy atom. The molecule has 0 bridgehead atoms. The summed E-state index contributed by atoms with van der Waals surface area (Å²) >= 11 is 1.51. The number of carbonyl (C=O) groups excluding carboxylic acids is 3. The van der Waals surface area contributed by atoms with E-state index in [0.29, 0.717) is 38.9 Å². The zero-order valence-corrected chi connectivity index (χ0v) is 28.3. The Kier molecular flexibility index (Phi) is 11.5. The van der Waals surface area contributed by atoms with Crippen molar-refractivity contribution < 1.29 is 28.6 Å². The summed E-state index contributed by atoms with van der Waals surface area (Å²) < 4.78 is 19.7. The Morgan fingerprint density at radius 3 is 2.58 bits per heavy atom. The van der Waals surface area contributed by atoms with E-state index in [1.165, 1.54) is 11.3 Å². The summed E-state index contributed by atoms with van der Waals surface area (Å²) in [7, 11) is 8.18. The molecule has 1 amide bonds. The standard InChI is InChI=1S/C31H47BN6O6S/c1-8-23-31(6)26(38(29(41)44-31)16-10-9-15-37-18-22(35-36-37)27-34-14-17-45-27)21(4)33-13-11-12-30(5,42-7)25(32)19(2)24(39)20(3)28(40)43-23/h14,17-21,23,25-26,33H,8-13,15-16H2,1-7H3/t19-,20+,21-,23+,25+,26+,30+,31+/m0/s1. The van der Waals surface area contributed by atoms with Crippen LogP contribution in [0.15, 0.2) is 17.8 Å². The van der Waals surface area contributed by atoms with Gasteiger partial charge in [0.15, 0.2) is 5.60 Å². The molecule has 2 aliphatic heterocycles. The second kappa shape index (κ2) is 14.7. The zero-order valence-electron chi connectivity index (χ0n) is 27.5. The van der Waals surface area contributed by atoms with Crippen molar-refractivity contribution in [2.24, 2.45) is 11.8 Å². The Bertz CT molecular complexity index is 1310. The molecule has 2 aliphatic rings. The number of Topliss-reactive ketones (excluding diaryl/α,β-unsaturated/α-hetero) is 1. The number of aromatic nitrogens is 4. The second-order valence-electron chi connectivity index (χ2n) is 12.7. The van der Waals surface area contributed by atoms with Crippen LogP contribution in [0.3, 0.4) is 0 Å². The number of carbonyl (C=O) groups is 3. The van der Waals surface area contributed by atoms with Gasteiger partial charge in [-0.15, -0.1) is 16.4 Å². The average molecular weight is 643 g/mol. The molecule has 45 heavy (non-hydrogen) atoms. The molecule has 2 aromatic rings. The number of ketones is 1. The normalized spacial score (nSPS) is 33.7. The molecule has 0 unspecified atom stereocenters. The third kappa shape index (κ3) is 7.43. The fraction of sp³-hybridized carbons (Fsp3) is 0.742. The molecule has 2 radical (unpaired) electrons. The molecule has 246 valence electrons. The van der Waals surface area contributed by atoms with Gasteiger partial charge >= 0.3 is 12.1 Å². The number of unbranched alkanes of at least 4 members (excludes halogenated alkanes) is 1. The Labute approximate surface area is 271 Å². The number of nitrogens with zero attached hydrogens (tertiary/aromatic N) is 5. The highest BCUT2D eigenvalue weighted by Crippen LogP contribution is 2.40. The maximum atomic E-state index is 13.5. The van der Waals surface area contributed by atoms with E-state index < -0.39 is 53.1 Å². The summed E-state index contributed by atoms with van der Waals surface area (Å²) in [6.45, 7) is 12.6. The lowest BCUT2D eigenvalue weighted by Gasteiger charge is -2.40. The first-order valence-electron chi connectivity index (χ1n) is 15.9. The van der Waals surface area contributed by atoms with Gasteiger partial charge in [0.1, 0.15) is 28.5 Å². The van der Waals surface area contributed by atoms with Gasteiger partial charge < -0.3 is 19.5 Å². The number of aryl methyl sites for hydroxylation is 1. The first kappa shape index (κ1) is 35.0. The molecule has 0 aliphatic carbocycles. The Morgan fingerprint density at radius 2 is 1.91 bits per heavy atom. The summed E-state index contributed by atoms with van der Waals surface area (Å²) in [5, 5.41) is 14.7. The minimum absolute atomic E-state index is 0.198. The van der Waals surface area contributed by atoms with E-state index in [1.807, 2.05) is 39.3 Å². The average Bonchev–Trinajstić information content (AvgIpc) is 3.78. The topological polar surface area (TPSA) is 138 Å². The molecular formula is C31H47BN6O6S. The van der Waals surface area contributed by atoms with Crippen molar-refractivity contribution in [3.05, 3.63) is 17.8 Å². The zero-order chi connectivity index (χ0) is 32.9. The van der Waals surface area contributed by atoms with Crippen LogP contribution >= 0.6 is 11.3 Å². The molecule has 8 atom stereocenters. The van der Waals surface area contributed by atoms with E-state index in [0.717, 1.165) is 23.5 Å². The molecule has 2 aromatic heterocycles. The van der Waals surface area contributed by atoms with Gasteiger partial charge in [0.05, 0.1) is 25.7 Å². The van der Waals surface area contributed by atoms with E-state index in [1.54, 1.807) is 36.7 Å². The van der Waals surface area contributed by atoms with Crippen LogP contribution in [-0.2, 0) is 30.3 Å². The molecule has 14 heteroatoms. The minimum Gasteiger partial charge on any atom is -0.458 e. The molecule has 12 nitrogen and oxygen atoms in total. The van der Waals surface area contributed by atoms with Crippen molar-refractivity contribution >= 4 is 37.0 Å². The van der Waals surface area contributed by atoms with Crippen LogP contribution < -0.4 is 5.32 Å². The number of methoxy groups -OCH3 is 1. The Balaban J connectivity index is 1.52. The quantitative estimate of drug-likeness (QED) is 0.194. The van der Waals surface area contributed by atoms with Gasteiger partial charge in [0, 0.05) is 43.7 Å². The van der Waals surface area contributed by atoms with Gasteiger partial charge in [-0.25, -0.2) is 9.78 Å². The van der Waals surface area contributed by atoms with Crippen molar-refractivity contribution in [1.29, 1.82) is 0 Å². The summed E-state index contributed by atoms with van der Waals surface area (Å²) in [5.41, 5.74) is -1.18. The highest BCUT2D eigenvalue weighted by atomic mass is 32.1. The third-order valence-electron chi connectivity index (χ3n) is 9.69.